The molecule has 0 bridgehead atoms. The first kappa shape index (κ1) is 13.2. The highest BCUT2D eigenvalue weighted by atomic mass is 16.5. The number of hydrogen-bond acceptors (Lipinski definition) is 6. The van der Waals surface area contributed by atoms with Crippen molar-refractivity contribution in [3.8, 4) is 11.4 Å². The number of nitrogens with zero attached hydrogens (tertiary/aromatic N) is 4. The number of hydrogen-bond donors (Lipinski definition) is 1. The zero-order valence-corrected chi connectivity index (χ0v) is 11.3. The molecule has 1 aliphatic rings. The van der Waals surface area contributed by atoms with Crippen LogP contribution in [0.2, 0.25) is 0 Å². The fourth-order valence-electron chi connectivity index (χ4n) is 2.36. The van der Waals surface area contributed by atoms with E-state index in [9.17, 15) is 9.59 Å². The Kier molecular flexibility index (Phi) is 3.35. The van der Waals surface area contributed by atoms with Gasteiger partial charge in [-0.3, -0.25) is 9.59 Å². The number of tetrazole rings is 1. The van der Waals surface area contributed by atoms with E-state index in [0.29, 0.717) is 12.4 Å². The molecule has 108 valence electrons. The quantitative estimate of drug-likeness (QED) is 0.820. The van der Waals surface area contributed by atoms with Crippen LogP contribution in [0.5, 0.6) is 0 Å². The number of aromatic amines is 1. The van der Waals surface area contributed by atoms with Gasteiger partial charge in [-0.15, -0.1) is 10.2 Å². The minimum atomic E-state index is -0.403. The first-order valence-corrected chi connectivity index (χ1v) is 6.41. The molecule has 0 aliphatic carbocycles. The number of esters is 1. The molecular weight excluding hydrogens is 274 g/mol. The van der Waals surface area contributed by atoms with E-state index >= 15 is 0 Å². The molecule has 1 aromatic heterocycles. The van der Waals surface area contributed by atoms with Gasteiger partial charge in [0.05, 0.1) is 13.0 Å². The van der Waals surface area contributed by atoms with Gasteiger partial charge in [-0.05, 0) is 29.5 Å². The molecule has 1 aromatic carbocycles. The topological polar surface area (TPSA) is 101 Å². The molecule has 1 fully saturated rings. The number of ether oxygens (including phenoxy) is 1. The van der Waals surface area contributed by atoms with Gasteiger partial charge in [0.15, 0.2) is 0 Å². The molecule has 1 aliphatic heterocycles. The lowest BCUT2D eigenvalue weighted by atomic mass is 10.1. The van der Waals surface area contributed by atoms with Gasteiger partial charge < -0.3 is 9.64 Å². The van der Waals surface area contributed by atoms with Crippen LogP contribution in [-0.4, -0.2) is 46.2 Å². The SMILES string of the molecule is COC(=O)C1CC(=O)N(c2ccc(-c3nn[nH]n3)cc2)C1. The van der Waals surface area contributed by atoms with E-state index in [4.69, 9.17) is 0 Å². The van der Waals surface area contributed by atoms with Crippen LogP contribution in [0, 0.1) is 5.92 Å². The Morgan fingerprint density at radius 3 is 2.76 bits per heavy atom. The number of benzene rings is 1. The summed E-state index contributed by atoms with van der Waals surface area (Å²) in [5.41, 5.74) is 1.53. The first-order valence-electron chi connectivity index (χ1n) is 6.41. The average molecular weight is 287 g/mol. The Balaban J connectivity index is 1.78. The Morgan fingerprint density at radius 1 is 1.38 bits per heavy atom. The number of H-pyrrole nitrogens is 1. The predicted octanol–water partition coefficient (Wildman–Crippen LogP) is 0.393. The summed E-state index contributed by atoms with van der Waals surface area (Å²) in [6.07, 6.45) is 0.180. The number of carbonyl (C=O) groups is 2. The number of carbonyl (C=O) groups excluding carboxylic acids is 2. The molecule has 0 saturated carbocycles. The van der Waals surface area contributed by atoms with Gasteiger partial charge in [0, 0.05) is 24.2 Å². The second-order valence-corrected chi connectivity index (χ2v) is 4.71. The molecule has 2 aromatic rings. The maximum Gasteiger partial charge on any atom is 0.311 e. The van der Waals surface area contributed by atoms with E-state index in [2.05, 4.69) is 25.4 Å². The second-order valence-electron chi connectivity index (χ2n) is 4.71. The molecule has 0 spiro atoms. The van der Waals surface area contributed by atoms with E-state index in [1.54, 1.807) is 29.2 Å². The zero-order chi connectivity index (χ0) is 14.8. The van der Waals surface area contributed by atoms with Crippen molar-refractivity contribution in [1.82, 2.24) is 20.6 Å². The van der Waals surface area contributed by atoms with Gasteiger partial charge in [0.1, 0.15) is 0 Å². The van der Waals surface area contributed by atoms with Crippen molar-refractivity contribution in [2.75, 3.05) is 18.6 Å². The molecule has 2 heterocycles. The van der Waals surface area contributed by atoms with Crippen molar-refractivity contribution in [1.29, 1.82) is 0 Å². The fraction of sp³-hybridized carbons (Fsp3) is 0.308. The number of rotatable bonds is 3. The molecule has 0 radical (unpaired) electrons. The van der Waals surface area contributed by atoms with Gasteiger partial charge >= 0.3 is 5.97 Å². The van der Waals surface area contributed by atoms with Crippen LogP contribution in [0.15, 0.2) is 24.3 Å². The molecule has 8 heteroatoms. The molecule has 1 saturated heterocycles. The minimum absolute atomic E-state index is 0.0855. The smallest absolute Gasteiger partial charge is 0.311 e. The second kappa shape index (κ2) is 5.31. The first-order chi connectivity index (χ1) is 10.2. The Bertz CT molecular complexity index is 653. The highest BCUT2D eigenvalue weighted by Crippen LogP contribution is 2.27. The molecule has 1 atom stereocenters. The van der Waals surface area contributed by atoms with Crippen molar-refractivity contribution >= 4 is 17.6 Å². The van der Waals surface area contributed by atoms with E-state index in [0.717, 1.165) is 11.3 Å². The maximum atomic E-state index is 12.0. The van der Waals surface area contributed by atoms with Crippen molar-refractivity contribution in [2.24, 2.45) is 5.92 Å². The average Bonchev–Trinajstić information content (AvgIpc) is 3.16. The molecule has 1 N–H and O–H groups in total. The normalized spacial score (nSPS) is 18.0. The van der Waals surface area contributed by atoms with Gasteiger partial charge in [-0.2, -0.15) is 5.21 Å². The number of methoxy groups -OCH3 is 1. The van der Waals surface area contributed by atoms with Gasteiger partial charge in [0.2, 0.25) is 11.7 Å². The van der Waals surface area contributed by atoms with Crippen LogP contribution >= 0.6 is 0 Å². The van der Waals surface area contributed by atoms with Crippen LogP contribution in [0.3, 0.4) is 0 Å². The summed E-state index contributed by atoms with van der Waals surface area (Å²) in [5, 5.41) is 13.7. The Hall–Kier alpha value is -2.77. The van der Waals surface area contributed by atoms with E-state index in [1.807, 2.05) is 0 Å². The Morgan fingerprint density at radius 2 is 2.14 bits per heavy atom. The summed E-state index contributed by atoms with van der Waals surface area (Å²) in [7, 11) is 1.33. The molecule has 1 amide bonds. The lowest BCUT2D eigenvalue weighted by Gasteiger charge is -2.16. The summed E-state index contributed by atoms with van der Waals surface area (Å²) < 4.78 is 4.69. The van der Waals surface area contributed by atoms with E-state index in [1.165, 1.54) is 7.11 Å². The molecule has 21 heavy (non-hydrogen) atoms. The molecule has 8 nitrogen and oxygen atoms in total. The molecule has 3 rings (SSSR count). The monoisotopic (exact) mass is 287 g/mol. The molecular formula is C13H13N5O3. The summed E-state index contributed by atoms with van der Waals surface area (Å²) in [5.74, 6) is -0.354. The minimum Gasteiger partial charge on any atom is -0.469 e. The lowest BCUT2D eigenvalue weighted by molar-refractivity contribution is -0.145. The summed E-state index contributed by atoms with van der Waals surface area (Å²) in [4.78, 5) is 25.1. The predicted molar refractivity (Wildman–Crippen MR) is 72.1 cm³/mol. The highest BCUT2D eigenvalue weighted by molar-refractivity contribution is 5.99. The van der Waals surface area contributed by atoms with Crippen molar-refractivity contribution in [2.45, 2.75) is 6.42 Å². The standard InChI is InChI=1S/C13H13N5O3/c1-21-13(20)9-6-11(19)18(7-9)10-4-2-8(3-5-10)12-14-16-17-15-12/h2-5,9H,6-7H2,1H3,(H,14,15,16,17). The number of aromatic nitrogens is 4. The Labute approximate surface area is 120 Å². The van der Waals surface area contributed by atoms with Crippen molar-refractivity contribution in [3.63, 3.8) is 0 Å². The van der Waals surface area contributed by atoms with Crippen LogP contribution in [0.4, 0.5) is 5.69 Å². The van der Waals surface area contributed by atoms with Gasteiger partial charge in [-0.25, -0.2) is 0 Å². The van der Waals surface area contributed by atoms with E-state index < -0.39 is 5.92 Å². The van der Waals surface area contributed by atoms with Crippen LogP contribution in [-0.2, 0) is 14.3 Å². The summed E-state index contributed by atoms with van der Waals surface area (Å²) in [6.45, 7) is 0.340. The van der Waals surface area contributed by atoms with Crippen molar-refractivity contribution < 1.29 is 14.3 Å². The number of nitrogens with one attached hydrogen (secondary N) is 1. The largest absolute Gasteiger partial charge is 0.469 e. The fourth-order valence-corrected chi connectivity index (χ4v) is 2.36. The van der Waals surface area contributed by atoms with Crippen LogP contribution in [0.25, 0.3) is 11.4 Å². The third kappa shape index (κ3) is 2.47. The van der Waals surface area contributed by atoms with Gasteiger partial charge in [-0.1, -0.05) is 0 Å². The third-order valence-electron chi connectivity index (χ3n) is 3.44. The number of amides is 1. The lowest BCUT2D eigenvalue weighted by Crippen LogP contribution is -2.26. The highest BCUT2D eigenvalue weighted by Gasteiger charge is 2.35. The van der Waals surface area contributed by atoms with E-state index in [-0.39, 0.29) is 18.3 Å². The summed E-state index contributed by atoms with van der Waals surface area (Å²) >= 11 is 0. The zero-order valence-electron chi connectivity index (χ0n) is 11.3. The summed E-state index contributed by atoms with van der Waals surface area (Å²) in [6, 6.07) is 7.20. The van der Waals surface area contributed by atoms with Crippen molar-refractivity contribution in [3.05, 3.63) is 24.3 Å². The maximum absolute atomic E-state index is 12.0. The van der Waals surface area contributed by atoms with Crippen LogP contribution in [0.1, 0.15) is 6.42 Å². The number of anilines is 1. The third-order valence-corrected chi connectivity index (χ3v) is 3.44. The van der Waals surface area contributed by atoms with Crippen LogP contribution < -0.4 is 4.90 Å². The van der Waals surface area contributed by atoms with Gasteiger partial charge in [0.25, 0.3) is 0 Å². The molecule has 1 unspecified atom stereocenters.